The standard InChI is InChI=1S/C15H20N2O2/c1-11(2)17-15(18)7-8-16-9-12-10-19-14-6-4-3-5-13(12)14/h3-6,10-11,16H,7-9H2,1-2H3,(H,17,18). The molecule has 1 aromatic carbocycles. The van der Waals surface area contributed by atoms with Crippen LogP contribution in [0.25, 0.3) is 11.0 Å². The van der Waals surface area contributed by atoms with Gasteiger partial charge in [0.1, 0.15) is 5.58 Å². The maximum atomic E-state index is 11.5. The first-order chi connectivity index (χ1) is 9.16. The van der Waals surface area contributed by atoms with Gasteiger partial charge in [0, 0.05) is 36.5 Å². The van der Waals surface area contributed by atoms with Gasteiger partial charge in [-0.1, -0.05) is 18.2 Å². The van der Waals surface area contributed by atoms with Gasteiger partial charge in [-0.3, -0.25) is 4.79 Å². The highest BCUT2D eigenvalue weighted by atomic mass is 16.3. The highest BCUT2D eigenvalue weighted by Gasteiger charge is 2.05. The lowest BCUT2D eigenvalue weighted by atomic mass is 10.2. The van der Waals surface area contributed by atoms with Gasteiger partial charge in [0.2, 0.25) is 5.91 Å². The minimum atomic E-state index is 0.0829. The van der Waals surface area contributed by atoms with E-state index < -0.39 is 0 Å². The molecule has 2 rings (SSSR count). The first kappa shape index (κ1) is 13.6. The van der Waals surface area contributed by atoms with E-state index in [2.05, 4.69) is 10.6 Å². The molecule has 1 heterocycles. The predicted octanol–water partition coefficient (Wildman–Crippen LogP) is 2.44. The topological polar surface area (TPSA) is 54.3 Å². The lowest BCUT2D eigenvalue weighted by Crippen LogP contribution is -2.32. The van der Waals surface area contributed by atoms with Crippen LogP contribution in [0.2, 0.25) is 0 Å². The zero-order chi connectivity index (χ0) is 13.7. The first-order valence-electron chi connectivity index (χ1n) is 6.62. The molecule has 2 aromatic rings. The van der Waals surface area contributed by atoms with E-state index in [0.717, 1.165) is 16.5 Å². The molecule has 1 amide bonds. The van der Waals surface area contributed by atoms with Crippen LogP contribution >= 0.6 is 0 Å². The SMILES string of the molecule is CC(C)NC(=O)CCNCc1coc2ccccc12. The smallest absolute Gasteiger partial charge is 0.221 e. The Morgan fingerprint density at radius 3 is 2.89 bits per heavy atom. The van der Waals surface area contributed by atoms with Gasteiger partial charge in [-0.15, -0.1) is 0 Å². The number of carbonyl (C=O) groups is 1. The summed E-state index contributed by atoms with van der Waals surface area (Å²) < 4.78 is 5.46. The Hall–Kier alpha value is -1.81. The van der Waals surface area contributed by atoms with E-state index in [0.29, 0.717) is 19.5 Å². The number of hydrogen-bond donors (Lipinski definition) is 2. The van der Waals surface area contributed by atoms with E-state index in [1.54, 1.807) is 6.26 Å². The van der Waals surface area contributed by atoms with Crippen LogP contribution in [0.4, 0.5) is 0 Å². The number of rotatable bonds is 6. The fourth-order valence-electron chi connectivity index (χ4n) is 1.99. The lowest BCUT2D eigenvalue weighted by molar-refractivity contribution is -0.121. The molecule has 4 nitrogen and oxygen atoms in total. The van der Waals surface area contributed by atoms with Crippen molar-refractivity contribution in [3.63, 3.8) is 0 Å². The molecule has 4 heteroatoms. The van der Waals surface area contributed by atoms with Crippen molar-refractivity contribution in [2.45, 2.75) is 32.9 Å². The third-order valence-electron chi connectivity index (χ3n) is 2.86. The summed E-state index contributed by atoms with van der Waals surface area (Å²) in [6, 6.07) is 8.15. The van der Waals surface area contributed by atoms with Gasteiger partial charge < -0.3 is 15.1 Å². The summed E-state index contributed by atoms with van der Waals surface area (Å²) in [6.07, 6.45) is 2.26. The zero-order valence-electron chi connectivity index (χ0n) is 11.4. The molecule has 102 valence electrons. The van der Waals surface area contributed by atoms with Crippen molar-refractivity contribution in [1.82, 2.24) is 10.6 Å². The van der Waals surface area contributed by atoms with Crippen molar-refractivity contribution >= 4 is 16.9 Å². The Morgan fingerprint density at radius 2 is 2.11 bits per heavy atom. The van der Waals surface area contributed by atoms with Crippen molar-refractivity contribution in [2.75, 3.05) is 6.54 Å². The number of amides is 1. The third-order valence-corrected chi connectivity index (χ3v) is 2.86. The maximum Gasteiger partial charge on any atom is 0.221 e. The summed E-state index contributed by atoms with van der Waals surface area (Å²) in [6.45, 7) is 5.30. The Labute approximate surface area is 113 Å². The quantitative estimate of drug-likeness (QED) is 0.784. The van der Waals surface area contributed by atoms with E-state index in [9.17, 15) is 4.79 Å². The summed E-state index contributed by atoms with van der Waals surface area (Å²) in [5.74, 6) is 0.0829. The average Bonchev–Trinajstić information content (AvgIpc) is 2.77. The number of furan rings is 1. The minimum Gasteiger partial charge on any atom is -0.464 e. The zero-order valence-corrected chi connectivity index (χ0v) is 11.4. The van der Waals surface area contributed by atoms with Gasteiger partial charge >= 0.3 is 0 Å². The number of nitrogens with one attached hydrogen (secondary N) is 2. The van der Waals surface area contributed by atoms with E-state index in [1.165, 1.54) is 0 Å². The number of fused-ring (bicyclic) bond motifs is 1. The second-order valence-electron chi connectivity index (χ2n) is 4.91. The Balaban J connectivity index is 1.78. The number of hydrogen-bond acceptors (Lipinski definition) is 3. The number of carbonyl (C=O) groups excluding carboxylic acids is 1. The van der Waals surface area contributed by atoms with Crippen LogP contribution in [-0.4, -0.2) is 18.5 Å². The molecular formula is C15H20N2O2. The van der Waals surface area contributed by atoms with Crippen LogP contribution in [0.3, 0.4) is 0 Å². The summed E-state index contributed by atoms with van der Waals surface area (Å²) >= 11 is 0. The van der Waals surface area contributed by atoms with Gasteiger partial charge in [0.05, 0.1) is 6.26 Å². The summed E-state index contributed by atoms with van der Waals surface area (Å²) in [5.41, 5.74) is 2.02. The van der Waals surface area contributed by atoms with Gasteiger partial charge in [-0.2, -0.15) is 0 Å². The second-order valence-corrected chi connectivity index (χ2v) is 4.91. The van der Waals surface area contributed by atoms with E-state index in [4.69, 9.17) is 4.42 Å². The van der Waals surface area contributed by atoms with Crippen molar-refractivity contribution in [1.29, 1.82) is 0 Å². The molecule has 0 saturated heterocycles. The van der Waals surface area contributed by atoms with Crippen LogP contribution in [0.15, 0.2) is 34.9 Å². The molecule has 0 aliphatic rings. The molecule has 0 aliphatic carbocycles. The second kappa shape index (κ2) is 6.38. The third kappa shape index (κ3) is 3.83. The maximum absolute atomic E-state index is 11.5. The van der Waals surface area contributed by atoms with E-state index in [-0.39, 0.29) is 11.9 Å². The Kier molecular flexibility index (Phi) is 4.58. The van der Waals surface area contributed by atoms with Crippen molar-refractivity contribution in [3.8, 4) is 0 Å². The number of para-hydroxylation sites is 1. The Bertz CT molecular complexity index is 546. The molecular weight excluding hydrogens is 240 g/mol. The molecule has 1 aromatic heterocycles. The monoisotopic (exact) mass is 260 g/mol. The summed E-state index contributed by atoms with van der Waals surface area (Å²) in [4.78, 5) is 11.5. The fourth-order valence-corrected chi connectivity index (χ4v) is 1.99. The molecule has 19 heavy (non-hydrogen) atoms. The molecule has 0 spiro atoms. The molecule has 2 N–H and O–H groups in total. The summed E-state index contributed by atoms with van der Waals surface area (Å²) in [7, 11) is 0. The largest absolute Gasteiger partial charge is 0.464 e. The van der Waals surface area contributed by atoms with Crippen molar-refractivity contribution < 1.29 is 9.21 Å². The highest BCUT2D eigenvalue weighted by molar-refractivity contribution is 5.80. The minimum absolute atomic E-state index is 0.0829. The molecule has 0 bridgehead atoms. The lowest BCUT2D eigenvalue weighted by Gasteiger charge is -2.08. The molecule has 0 fully saturated rings. The van der Waals surface area contributed by atoms with Crippen LogP contribution in [-0.2, 0) is 11.3 Å². The molecule has 0 aliphatic heterocycles. The molecule has 0 radical (unpaired) electrons. The van der Waals surface area contributed by atoms with Crippen LogP contribution < -0.4 is 10.6 Å². The predicted molar refractivity (Wildman–Crippen MR) is 75.8 cm³/mol. The van der Waals surface area contributed by atoms with Crippen LogP contribution in [0.5, 0.6) is 0 Å². The van der Waals surface area contributed by atoms with Gasteiger partial charge in [-0.25, -0.2) is 0 Å². The average molecular weight is 260 g/mol. The van der Waals surface area contributed by atoms with Gasteiger partial charge in [0.15, 0.2) is 0 Å². The number of benzene rings is 1. The molecule has 0 atom stereocenters. The first-order valence-corrected chi connectivity index (χ1v) is 6.62. The normalized spacial score (nSPS) is 11.1. The van der Waals surface area contributed by atoms with E-state index in [1.807, 2.05) is 38.1 Å². The van der Waals surface area contributed by atoms with Crippen LogP contribution in [0.1, 0.15) is 25.8 Å². The van der Waals surface area contributed by atoms with Gasteiger partial charge in [0.25, 0.3) is 0 Å². The van der Waals surface area contributed by atoms with E-state index >= 15 is 0 Å². The fraction of sp³-hybridized carbons (Fsp3) is 0.400. The van der Waals surface area contributed by atoms with Crippen LogP contribution in [0, 0.1) is 0 Å². The summed E-state index contributed by atoms with van der Waals surface area (Å²) in [5, 5.41) is 7.26. The Morgan fingerprint density at radius 1 is 1.32 bits per heavy atom. The van der Waals surface area contributed by atoms with Crippen molar-refractivity contribution in [2.24, 2.45) is 0 Å². The molecule has 0 unspecified atom stereocenters. The highest BCUT2D eigenvalue weighted by Crippen LogP contribution is 2.20. The van der Waals surface area contributed by atoms with Crippen molar-refractivity contribution in [3.05, 3.63) is 36.1 Å². The van der Waals surface area contributed by atoms with Gasteiger partial charge in [-0.05, 0) is 19.9 Å². The molecule has 0 saturated carbocycles.